The number of nitrogens with one attached hydrogen (secondary N) is 1. The van der Waals surface area contributed by atoms with Crippen molar-refractivity contribution in [2.45, 2.75) is 59.1 Å². The van der Waals surface area contributed by atoms with Gasteiger partial charge in [-0.2, -0.15) is 5.26 Å². The Morgan fingerprint density at radius 3 is 2.52 bits per heavy atom. The van der Waals surface area contributed by atoms with Crippen LogP contribution in [0.3, 0.4) is 0 Å². The molecule has 0 aliphatic rings. The number of methoxy groups -OCH3 is 2. The predicted molar refractivity (Wildman–Crippen MR) is 128 cm³/mol. The van der Waals surface area contributed by atoms with Gasteiger partial charge >= 0.3 is 0 Å². The summed E-state index contributed by atoms with van der Waals surface area (Å²) in [4.78, 5) is 12.1. The number of nitrogens with two attached hydrogens (primary N) is 1. The first-order valence-corrected chi connectivity index (χ1v) is 11.5. The molecule has 0 aliphatic heterocycles. The highest BCUT2D eigenvalue weighted by atomic mass is 16.5. The van der Waals surface area contributed by atoms with Crippen molar-refractivity contribution in [1.82, 2.24) is 5.32 Å². The Kier molecular flexibility index (Phi) is 12.2. The fourth-order valence-corrected chi connectivity index (χ4v) is 3.37. The van der Waals surface area contributed by atoms with Crippen molar-refractivity contribution in [2.24, 2.45) is 23.0 Å². The molecule has 0 fully saturated rings. The zero-order valence-electron chi connectivity index (χ0n) is 20.9. The van der Waals surface area contributed by atoms with E-state index in [1.165, 1.54) is 13.8 Å². The van der Waals surface area contributed by atoms with Gasteiger partial charge in [-0.3, -0.25) is 4.79 Å². The molecule has 0 aromatic heterocycles. The van der Waals surface area contributed by atoms with Crippen LogP contribution >= 0.6 is 0 Å². The number of benzene rings is 1. The number of nitriles is 1. The summed E-state index contributed by atoms with van der Waals surface area (Å²) >= 11 is 0. The van der Waals surface area contributed by atoms with Crippen molar-refractivity contribution < 1.29 is 24.1 Å². The van der Waals surface area contributed by atoms with Gasteiger partial charge in [0.1, 0.15) is 5.41 Å². The molecule has 8 nitrogen and oxygen atoms in total. The van der Waals surface area contributed by atoms with Gasteiger partial charge in [0.15, 0.2) is 11.5 Å². The van der Waals surface area contributed by atoms with E-state index in [4.69, 9.17) is 25.2 Å². The first-order chi connectivity index (χ1) is 15.5. The lowest BCUT2D eigenvalue weighted by Crippen LogP contribution is -2.47. The Balaban J connectivity index is 2.77. The molecule has 8 heteroatoms. The van der Waals surface area contributed by atoms with Crippen molar-refractivity contribution in [3.8, 4) is 17.6 Å². The van der Waals surface area contributed by atoms with Crippen molar-refractivity contribution in [1.29, 1.82) is 5.26 Å². The first kappa shape index (κ1) is 28.7. The van der Waals surface area contributed by atoms with Gasteiger partial charge in [0, 0.05) is 32.7 Å². The summed E-state index contributed by atoms with van der Waals surface area (Å²) in [6.45, 7) is 8.51. The number of rotatable bonds is 15. The van der Waals surface area contributed by atoms with Gasteiger partial charge in [-0.05, 0) is 56.2 Å². The lowest BCUT2D eigenvalue weighted by Gasteiger charge is -2.28. The van der Waals surface area contributed by atoms with E-state index >= 15 is 0 Å². The number of nitrogens with zero attached hydrogens (tertiary/aromatic N) is 1. The van der Waals surface area contributed by atoms with Crippen LogP contribution in [-0.4, -0.2) is 57.1 Å². The van der Waals surface area contributed by atoms with E-state index in [1.54, 1.807) is 14.2 Å². The minimum atomic E-state index is -1.15. The Labute approximate surface area is 198 Å². The second-order valence-corrected chi connectivity index (χ2v) is 9.30. The molecule has 0 bridgehead atoms. The van der Waals surface area contributed by atoms with Crippen molar-refractivity contribution in [2.75, 3.05) is 34.0 Å². The minimum Gasteiger partial charge on any atom is -0.493 e. The molecule has 0 aliphatic carbocycles. The molecular formula is C25H41N3O5. The van der Waals surface area contributed by atoms with E-state index in [0.29, 0.717) is 37.1 Å². The second-order valence-electron chi connectivity index (χ2n) is 9.30. The minimum absolute atomic E-state index is 0.0118. The topological polar surface area (TPSA) is 127 Å². The molecule has 0 saturated heterocycles. The van der Waals surface area contributed by atoms with Crippen molar-refractivity contribution in [3.63, 3.8) is 0 Å². The summed E-state index contributed by atoms with van der Waals surface area (Å²) in [7, 11) is 3.28. The number of carbonyl (C=O) groups excluding carboxylic acids is 1. The third kappa shape index (κ3) is 9.58. The van der Waals surface area contributed by atoms with E-state index in [-0.39, 0.29) is 12.5 Å². The van der Waals surface area contributed by atoms with E-state index in [1.807, 2.05) is 24.3 Å². The Morgan fingerprint density at radius 1 is 1.24 bits per heavy atom. The smallest absolute Gasteiger partial charge is 0.239 e. The van der Waals surface area contributed by atoms with Gasteiger partial charge in [-0.15, -0.1) is 0 Å². The van der Waals surface area contributed by atoms with E-state index in [0.717, 1.165) is 18.4 Å². The van der Waals surface area contributed by atoms with Crippen LogP contribution in [0, 0.1) is 28.6 Å². The summed E-state index contributed by atoms with van der Waals surface area (Å²) in [5, 5.41) is 22.2. The average Bonchev–Trinajstić information content (AvgIpc) is 2.79. The molecule has 1 aromatic carbocycles. The molecule has 0 heterocycles. The molecule has 1 amide bonds. The molecule has 0 spiro atoms. The maximum Gasteiger partial charge on any atom is 0.239 e. The summed E-state index contributed by atoms with van der Waals surface area (Å²) in [5.74, 6) is 1.51. The van der Waals surface area contributed by atoms with E-state index in [9.17, 15) is 9.90 Å². The highest BCUT2D eigenvalue weighted by Crippen LogP contribution is 2.31. The SMILES string of the molecule is COCCCOc1cc(C[C@@H](C[C@H](N)[C@@H](O)CNC(=O)C(C)(C)C#N)C(C)C)ccc1OC. The third-order valence-electron chi connectivity index (χ3n) is 5.81. The van der Waals surface area contributed by atoms with Crippen LogP contribution in [0.15, 0.2) is 18.2 Å². The molecule has 0 saturated carbocycles. The van der Waals surface area contributed by atoms with Gasteiger partial charge in [0.2, 0.25) is 5.91 Å². The second kappa shape index (κ2) is 14.0. The number of hydrogen-bond donors (Lipinski definition) is 3. The third-order valence-corrected chi connectivity index (χ3v) is 5.81. The quantitative estimate of drug-likeness (QED) is 0.341. The molecule has 33 heavy (non-hydrogen) atoms. The normalized spacial score (nSPS) is 14.3. The van der Waals surface area contributed by atoms with Crippen molar-refractivity contribution >= 4 is 5.91 Å². The number of aliphatic hydroxyl groups excluding tert-OH is 1. The van der Waals surface area contributed by atoms with Crippen LogP contribution in [0.1, 0.15) is 46.1 Å². The van der Waals surface area contributed by atoms with E-state index in [2.05, 4.69) is 19.2 Å². The summed E-state index contributed by atoms with van der Waals surface area (Å²) in [5.41, 5.74) is 6.23. The zero-order chi connectivity index (χ0) is 25.0. The number of aliphatic hydroxyl groups is 1. The van der Waals surface area contributed by atoms with Gasteiger partial charge in [-0.25, -0.2) is 0 Å². The monoisotopic (exact) mass is 463 g/mol. The van der Waals surface area contributed by atoms with Gasteiger partial charge in [0.25, 0.3) is 0 Å². The lowest BCUT2D eigenvalue weighted by atomic mass is 9.83. The Morgan fingerprint density at radius 2 is 1.94 bits per heavy atom. The van der Waals surface area contributed by atoms with Gasteiger partial charge < -0.3 is 30.4 Å². The van der Waals surface area contributed by atoms with Crippen LogP contribution in [0.2, 0.25) is 0 Å². The Bertz CT molecular complexity index is 776. The molecule has 1 rings (SSSR count). The summed E-state index contributed by atoms with van der Waals surface area (Å²) < 4.78 is 16.4. The number of amides is 1. The standard InChI is InChI=1S/C25H41N3O5/c1-17(2)19(14-20(27)21(29)15-28-24(30)25(3,4)16-26)12-18-8-9-22(32-6)23(13-18)33-11-7-10-31-5/h8-9,13,17,19-21,29H,7,10-12,14-15,27H2,1-6H3,(H,28,30)/t19-,20-,21-/m0/s1. The molecule has 1 aromatic rings. The predicted octanol–water partition coefficient (Wildman–Crippen LogP) is 2.67. The van der Waals surface area contributed by atoms with Crippen LogP contribution in [0.25, 0.3) is 0 Å². The van der Waals surface area contributed by atoms with Gasteiger partial charge in [-0.1, -0.05) is 19.9 Å². The van der Waals surface area contributed by atoms with E-state index < -0.39 is 23.5 Å². The molecule has 3 atom stereocenters. The molecule has 4 N–H and O–H groups in total. The lowest BCUT2D eigenvalue weighted by molar-refractivity contribution is -0.127. The van der Waals surface area contributed by atoms with Crippen molar-refractivity contribution in [3.05, 3.63) is 23.8 Å². The fourth-order valence-electron chi connectivity index (χ4n) is 3.37. The maximum absolute atomic E-state index is 12.1. The highest BCUT2D eigenvalue weighted by Gasteiger charge is 2.29. The maximum atomic E-state index is 12.1. The molecule has 186 valence electrons. The van der Waals surface area contributed by atoms with Crippen LogP contribution in [0.5, 0.6) is 11.5 Å². The molecule has 0 radical (unpaired) electrons. The number of hydrogen-bond acceptors (Lipinski definition) is 7. The summed E-state index contributed by atoms with van der Waals surface area (Å²) in [6.07, 6.45) is 1.24. The highest BCUT2D eigenvalue weighted by molar-refractivity contribution is 5.84. The fraction of sp³-hybridized carbons (Fsp3) is 0.680. The number of ether oxygens (including phenoxy) is 3. The van der Waals surface area contributed by atoms with Crippen LogP contribution in [0.4, 0.5) is 0 Å². The largest absolute Gasteiger partial charge is 0.493 e. The first-order valence-electron chi connectivity index (χ1n) is 11.5. The van der Waals surface area contributed by atoms with Gasteiger partial charge in [0.05, 0.1) is 25.9 Å². The van der Waals surface area contributed by atoms with Crippen LogP contribution in [-0.2, 0) is 16.0 Å². The molecular weight excluding hydrogens is 422 g/mol. The summed E-state index contributed by atoms with van der Waals surface area (Å²) in [6, 6.07) is 7.35. The van der Waals surface area contributed by atoms with Crippen LogP contribution < -0.4 is 20.5 Å². The molecule has 0 unspecified atom stereocenters. The number of carbonyl (C=O) groups is 1. The Hall–Kier alpha value is -2.34. The zero-order valence-corrected chi connectivity index (χ0v) is 20.9. The average molecular weight is 464 g/mol.